The van der Waals surface area contributed by atoms with Gasteiger partial charge in [-0.1, -0.05) is 36.9 Å². The molecular formula is C17H18ClFN4OS. The molecule has 0 amide bonds. The molecule has 5 nitrogen and oxygen atoms in total. The molecule has 4 heterocycles. The van der Waals surface area contributed by atoms with Crippen molar-refractivity contribution >= 4 is 45.7 Å². The quantitative estimate of drug-likeness (QED) is 0.447. The molecule has 8 heteroatoms. The van der Waals surface area contributed by atoms with Gasteiger partial charge in [0.25, 0.3) is 0 Å². The fourth-order valence-electron chi connectivity index (χ4n) is 3.42. The predicted octanol–water partition coefficient (Wildman–Crippen LogP) is 3.94. The van der Waals surface area contributed by atoms with Gasteiger partial charge in [-0.25, -0.2) is 19.3 Å². The van der Waals surface area contributed by atoms with E-state index in [1.165, 1.54) is 11.8 Å². The van der Waals surface area contributed by atoms with Crippen LogP contribution in [0.25, 0.3) is 16.5 Å². The molecule has 0 spiro atoms. The molecule has 2 aliphatic heterocycles. The minimum Gasteiger partial charge on any atom is -0.379 e. The van der Waals surface area contributed by atoms with Crippen molar-refractivity contribution in [2.45, 2.75) is 31.0 Å². The zero-order chi connectivity index (χ0) is 17.6. The lowest BCUT2D eigenvalue weighted by Gasteiger charge is -2.29. The molecule has 132 valence electrons. The first kappa shape index (κ1) is 17.0. The summed E-state index contributed by atoms with van der Waals surface area (Å²) in [6.45, 7) is 8.27. The summed E-state index contributed by atoms with van der Waals surface area (Å²) < 4.78 is 20.5. The highest BCUT2D eigenvalue weighted by Crippen LogP contribution is 2.40. The highest BCUT2D eigenvalue weighted by Gasteiger charge is 2.33. The lowest BCUT2D eigenvalue weighted by atomic mass is 10.0. The fourth-order valence-corrected chi connectivity index (χ4v) is 4.16. The van der Waals surface area contributed by atoms with Gasteiger partial charge in [0, 0.05) is 13.2 Å². The molecule has 0 aliphatic carbocycles. The van der Waals surface area contributed by atoms with Gasteiger partial charge in [-0.15, -0.1) is 0 Å². The van der Waals surface area contributed by atoms with Gasteiger partial charge in [-0.3, -0.25) is 0 Å². The molecule has 0 bridgehead atoms. The van der Waals surface area contributed by atoms with Crippen LogP contribution in [0.4, 0.5) is 10.2 Å². The molecule has 2 aliphatic rings. The zero-order valence-electron chi connectivity index (χ0n) is 13.9. The van der Waals surface area contributed by atoms with E-state index in [-0.39, 0.29) is 16.7 Å². The Kier molecular flexibility index (Phi) is 4.56. The van der Waals surface area contributed by atoms with Crippen LogP contribution in [0.15, 0.2) is 11.7 Å². The number of pyridine rings is 1. The van der Waals surface area contributed by atoms with Crippen LogP contribution in [-0.4, -0.2) is 46.5 Å². The fraction of sp³-hybridized carbons (Fsp3) is 0.471. The molecule has 1 atom stereocenters. The number of anilines is 1. The topological polar surface area (TPSA) is 51.1 Å². The van der Waals surface area contributed by atoms with Crippen molar-refractivity contribution < 1.29 is 9.13 Å². The Balaban J connectivity index is 2.04. The van der Waals surface area contributed by atoms with Crippen LogP contribution in [0.2, 0.25) is 5.15 Å². The van der Waals surface area contributed by atoms with Crippen molar-refractivity contribution in [2.24, 2.45) is 0 Å². The van der Waals surface area contributed by atoms with E-state index in [0.29, 0.717) is 41.7 Å². The molecule has 0 radical (unpaired) electrons. The molecule has 1 fully saturated rings. The van der Waals surface area contributed by atoms with Crippen molar-refractivity contribution in [1.82, 2.24) is 15.0 Å². The molecule has 0 N–H and O–H groups in total. The number of fused-ring (bicyclic) bond motifs is 2. The highest BCUT2D eigenvalue weighted by atomic mass is 35.5. The molecule has 1 unspecified atom stereocenters. The summed E-state index contributed by atoms with van der Waals surface area (Å²) >= 11 is 7.53. The Morgan fingerprint density at radius 3 is 3.04 bits per heavy atom. The number of rotatable bonds is 2. The zero-order valence-corrected chi connectivity index (χ0v) is 15.5. The maximum Gasteiger partial charge on any atom is 0.190 e. The molecule has 4 rings (SSSR count). The number of halogens is 2. The van der Waals surface area contributed by atoms with Crippen LogP contribution in [0.1, 0.15) is 25.5 Å². The van der Waals surface area contributed by atoms with E-state index in [2.05, 4.69) is 21.4 Å². The number of hydrogen-bond acceptors (Lipinski definition) is 6. The Hall–Kier alpha value is -1.44. The molecule has 0 saturated carbocycles. The Labute approximate surface area is 154 Å². The second kappa shape index (κ2) is 6.70. The van der Waals surface area contributed by atoms with Gasteiger partial charge in [0.1, 0.15) is 11.3 Å². The SMILES string of the molecule is C=C1CC2COCCCN2c2nc(SCC)nc3c(F)c(Cl)nc1c23. The van der Waals surface area contributed by atoms with Crippen molar-refractivity contribution in [3.8, 4) is 0 Å². The van der Waals surface area contributed by atoms with Crippen LogP contribution < -0.4 is 4.90 Å². The first-order valence-corrected chi connectivity index (χ1v) is 9.68. The monoisotopic (exact) mass is 380 g/mol. The van der Waals surface area contributed by atoms with E-state index in [9.17, 15) is 4.39 Å². The molecule has 2 aromatic heterocycles. The molecule has 1 saturated heterocycles. The minimum absolute atomic E-state index is 0.101. The van der Waals surface area contributed by atoms with Crippen LogP contribution in [0, 0.1) is 5.82 Å². The van der Waals surface area contributed by atoms with E-state index < -0.39 is 5.82 Å². The Morgan fingerprint density at radius 1 is 1.40 bits per heavy atom. The summed E-state index contributed by atoms with van der Waals surface area (Å²) in [5.41, 5.74) is 1.63. The highest BCUT2D eigenvalue weighted by molar-refractivity contribution is 7.99. The van der Waals surface area contributed by atoms with Gasteiger partial charge in [0.15, 0.2) is 16.1 Å². The lowest BCUT2D eigenvalue weighted by molar-refractivity contribution is 0.135. The summed E-state index contributed by atoms with van der Waals surface area (Å²) in [5, 5.41) is 0.986. The molecule has 0 aromatic carbocycles. The summed E-state index contributed by atoms with van der Waals surface area (Å²) in [7, 11) is 0. The van der Waals surface area contributed by atoms with Crippen molar-refractivity contribution in [1.29, 1.82) is 0 Å². The minimum atomic E-state index is -0.598. The third-order valence-corrected chi connectivity index (χ3v) is 5.49. The van der Waals surface area contributed by atoms with Crippen LogP contribution in [0.5, 0.6) is 0 Å². The second-order valence-corrected chi connectivity index (χ2v) is 7.72. The third-order valence-electron chi connectivity index (χ3n) is 4.51. The average Bonchev–Trinajstić information content (AvgIpc) is 2.87. The smallest absolute Gasteiger partial charge is 0.190 e. The largest absolute Gasteiger partial charge is 0.379 e. The van der Waals surface area contributed by atoms with E-state index in [1.54, 1.807) is 0 Å². The molecule has 25 heavy (non-hydrogen) atoms. The predicted molar refractivity (Wildman–Crippen MR) is 98.9 cm³/mol. The van der Waals surface area contributed by atoms with E-state index in [4.69, 9.17) is 21.3 Å². The summed E-state index contributed by atoms with van der Waals surface area (Å²) in [5.74, 6) is 0.921. The van der Waals surface area contributed by atoms with E-state index in [0.717, 1.165) is 24.3 Å². The van der Waals surface area contributed by atoms with Gasteiger partial charge in [-0.05, 0) is 24.2 Å². The van der Waals surface area contributed by atoms with Gasteiger partial charge >= 0.3 is 0 Å². The van der Waals surface area contributed by atoms with Crippen molar-refractivity contribution in [3.05, 3.63) is 23.2 Å². The molecule has 2 aromatic rings. The Morgan fingerprint density at radius 2 is 2.24 bits per heavy atom. The second-order valence-electron chi connectivity index (χ2n) is 6.13. The molecular weight excluding hydrogens is 363 g/mol. The van der Waals surface area contributed by atoms with Gasteiger partial charge < -0.3 is 9.64 Å². The summed E-state index contributed by atoms with van der Waals surface area (Å²) in [6, 6.07) is 0.101. The number of ether oxygens (including phenoxy) is 1. The normalized spacial score (nSPS) is 20.4. The van der Waals surface area contributed by atoms with Gasteiger partial charge in [0.2, 0.25) is 0 Å². The van der Waals surface area contributed by atoms with Crippen LogP contribution >= 0.6 is 23.4 Å². The van der Waals surface area contributed by atoms with Crippen molar-refractivity contribution in [2.75, 3.05) is 30.4 Å². The summed E-state index contributed by atoms with van der Waals surface area (Å²) in [4.78, 5) is 15.6. The van der Waals surface area contributed by atoms with Crippen molar-refractivity contribution in [3.63, 3.8) is 0 Å². The summed E-state index contributed by atoms with van der Waals surface area (Å²) in [6.07, 6.45) is 1.57. The standard InChI is InChI=1S/C17H18ClFN4OS/c1-3-25-17-21-14-11-13(20-15(18)12(14)19)9(2)7-10-8-24-6-4-5-23(10)16(11)22-17/h10H,2-8H2,1H3. The number of thioether (sulfide) groups is 1. The first-order valence-electron chi connectivity index (χ1n) is 8.32. The maximum absolute atomic E-state index is 14.7. The Bertz CT molecular complexity index is 862. The van der Waals surface area contributed by atoms with Gasteiger partial charge in [0.05, 0.1) is 23.7 Å². The van der Waals surface area contributed by atoms with Crippen LogP contribution in [0.3, 0.4) is 0 Å². The third kappa shape index (κ3) is 2.88. The van der Waals surface area contributed by atoms with Gasteiger partial charge in [-0.2, -0.15) is 0 Å². The number of aromatic nitrogens is 3. The number of hydrogen-bond donors (Lipinski definition) is 0. The average molecular weight is 381 g/mol. The lowest BCUT2D eigenvalue weighted by Crippen LogP contribution is -2.37. The van der Waals surface area contributed by atoms with Crippen LogP contribution in [-0.2, 0) is 4.74 Å². The number of nitrogens with zero attached hydrogens (tertiary/aromatic N) is 4. The maximum atomic E-state index is 14.7. The van der Waals surface area contributed by atoms with E-state index >= 15 is 0 Å². The first-order chi connectivity index (χ1) is 12.1. The van der Waals surface area contributed by atoms with E-state index in [1.807, 2.05) is 6.92 Å².